The zero-order valence-electron chi connectivity index (χ0n) is 13.0. The van der Waals surface area contributed by atoms with Crippen LogP contribution in [0.1, 0.15) is 21.3 Å². The molecule has 0 saturated heterocycles. The first-order chi connectivity index (χ1) is 12.1. The third-order valence-corrected chi connectivity index (χ3v) is 6.44. The zero-order valence-corrected chi connectivity index (χ0v) is 17.0. The summed E-state index contributed by atoms with van der Waals surface area (Å²) in [7, 11) is 0. The highest BCUT2D eigenvalue weighted by Gasteiger charge is 2.34. The second-order valence-electron chi connectivity index (χ2n) is 5.67. The second-order valence-corrected chi connectivity index (χ2v) is 8.62. The molecule has 1 amide bonds. The van der Waals surface area contributed by atoms with E-state index in [-0.39, 0.29) is 11.3 Å². The van der Waals surface area contributed by atoms with Gasteiger partial charge in [-0.2, -0.15) is 0 Å². The number of fused-ring (bicyclic) bond motifs is 1. The molecule has 3 aromatic rings. The lowest BCUT2D eigenvalue weighted by atomic mass is 10.1. The molecule has 0 aromatic heterocycles. The summed E-state index contributed by atoms with van der Waals surface area (Å²) in [6.07, 6.45) is 0. The average molecular weight is 475 g/mol. The minimum absolute atomic E-state index is 0.0320. The van der Waals surface area contributed by atoms with Gasteiger partial charge in [-0.1, -0.05) is 67.9 Å². The maximum absolute atomic E-state index is 13.2. The fraction of sp³-hybridized carbons (Fsp3) is 0.0500. The lowest BCUT2D eigenvalue weighted by Gasteiger charge is -2.36. The summed E-state index contributed by atoms with van der Waals surface area (Å²) in [5.74, 6) is 0.0320. The van der Waals surface area contributed by atoms with Crippen LogP contribution in [0, 0.1) is 0 Å². The first-order valence-electron chi connectivity index (χ1n) is 7.74. The molecule has 0 bridgehead atoms. The summed E-state index contributed by atoms with van der Waals surface area (Å²) in [5, 5.41) is -0.100. The fourth-order valence-electron chi connectivity index (χ4n) is 2.85. The van der Waals surface area contributed by atoms with Crippen LogP contribution in [0.25, 0.3) is 0 Å². The summed E-state index contributed by atoms with van der Waals surface area (Å²) in [6, 6.07) is 23.8. The van der Waals surface area contributed by atoms with Crippen LogP contribution in [0.4, 0.5) is 5.69 Å². The summed E-state index contributed by atoms with van der Waals surface area (Å²) >= 11 is 8.65. The van der Waals surface area contributed by atoms with E-state index in [1.807, 2.05) is 65.6 Å². The van der Waals surface area contributed by atoms with Crippen molar-refractivity contribution in [2.24, 2.45) is 0 Å². The molecule has 124 valence electrons. The van der Waals surface area contributed by atoms with Gasteiger partial charge >= 0.3 is 0 Å². The minimum Gasteiger partial charge on any atom is -0.291 e. The molecule has 4 rings (SSSR count). The van der Waals surface area contributed by atoms with E-state index in [0.29, 0.717) is 0 Å². The Morgan fingerprint density at radius 2 is 1.40 bits per heavy atom. The molecule has 0 radical (unpaired) electrons. The van der Waals surface area contributed by atoms with Crippen molar-refractivity contribution in [2.45, 2.75) is 10.3 Å². The van der Waals surface area contributed by atoms with Gasteiger partial charge in [0.2, 0.25) is 0 Å². The first kappa shape index (κ1) is 16.9. The molecular weight excluding hydrogens is 462 g/mol. The molecular formula is C20H13Br2NOS. The van der Waals surface area contributed by atoms with Gasteiger partial charge in [-0.3, -0.25) is 9.69 Å². The highest BCUT2D eigenvalue weighted by atomic mass is 79.9. The molecule has 1 heterocycles. The van der Waals surface area contributed by atoms with Crippen LogP contribution in [0.3, 0.4) is 0 Å². The predicted octanol–water partition coefficient (Wildman–Crippen LogP) is 6.66. The number of carbonyl (C=O) groups excluding carboxylic acids is 1. The van der Waals surface area contributed by atoms with Crippen molar-refractivity contribution in [3.05, 3.63) is 92.9 Å². The Bertz CT molecular complexity index is 925. The third-order valence-electron chi connectivity index (χ3n) is 4.07. The molecule has 2 nitrogen and oxygen atoms in total. The van der Waals surface area contributed by atoms with Gasteiger partial charge in [-0.05, 0) is 54.1 Å². The van der Waals surface area contributed by atoms with Crippen molar-refractivity contribution in [1.82, 2.24) is 0 Å². The van der Waals surface area contributed by atoms with E-state index in [4.69, 9.17) is 0 Å². The van der Waals surface area contributed by atoms with Crippen LogP contribution < -0.4 is 4.90 Å². The van der Waals surface area contributed by atoms with Gasteiger partial charge in [0.1, 0.15) is 5.37 Å². The molecule has 0 spiro atoms. The van der Waals surface area contributed by atoms with Gasteiger partial charge in [0.05, 0.1) is 5.56 Å². The van der Waals surface area contributed by atoms with Crippen molar-refractivity contribution in [3.63, 3.8) is 0 Å². The molecule has 0 aliphatic carbocycles. The minimum atomic E-state index is -0.100. The van der Waals surface area contributed by atoms with Gasteiger partial charge in [-0.25, -0.2) is 0 Å². The summed E-state index contributed by atoms with van der Waals surface area (Å²) < 4.78 is 2.02. The molecule has 0 saturated carbocycles. The van der Waals surface area contributed by atoms with Gasteiger partial charge in [0.15, 0.2) is 0 Å². The molecule has 3 aromatic carbocycles. The van der Waals surface area contributed by atoms with Gasteiger partial charge in [0.25, 0.3) is 5.91 Å². The Labute approximate surface area is 167 Å². The Hall–Kier alpha value is -1.56. The monoisotopic (exact) mass is 473 g/mol. The topological polar surface area (TPSA) is 20.3 Å². The molecule has 1 unspecified atom stereocenters. The van der Waals surface area contributed by atoms with Crippen LogP contribution >= 0.6 is 43.6 Å². The molecule has 5 heteroatoms. The van der Waals surface area contributed by atoms with E-state index >= 15 is 0 Å². The SMILES string of the molecule is O=C1c2ccccc2SC(c2ccc(Br)cc2)N1c1ccc(Br)cc1. The number of hydrogen-bond acceptors (Lipinski definition) is 2. The maximum atomic E-state index is 13.2. The van der Waals surface area contributed by atoms with Gasteiger partial charge < -0.3 is 0 Å². The van der Waals surface area contributed by atoms with Crippen LogP contribution in [0.5, 0.6) is 0 Å². The van der Waals surface area contributed by atoms with E-state index < -0.39 is 0 Å². The smallest absolute Gasteiger partial charge is 0.260 e. The normalized spacial score (nSPS) is 16.6. The second kappa shape index (κ2) is 6.98. The number of halogens is 2. The van der Waals surface area contributed by atoms with Crippen molar-refractivity contribution < 1.29 is 4.79 Å². The Balaban J connectivity index is 1.85. The molecule has 25 heavy (non-hydrogen) atoms. The summed E-state index contributed by atoms with van der Waals surface area (Å²) in [4.78, 5) is 16.1. The molecule has 1 atom stereocenters. The zero-order chi connectivity index (χ0) is 17.4. The van der Waals surface area contributed by atoms with E-state index in [1.165, 1.54) is 0 Å². The number of amides is 1. The molecule has 0 N–H and O–H groups in total. The summed E-state index contributed by atoms with van der Waals surface area (Å²) in [5.41, 5.74) is 2.74. The van der Waals surface area contributed by atoms with Crippen LogP contribution in [0.15, 0.2) is 86.6 Å². The number of thioether (sulfide) groups is 1. The van der Waals surface area contributed by atoms with Gasteiger partial charge in [-0.15, -0.1) is 0 Å². The third kappa shape index (κ3) is 3.28. The van der Waals surface area contributed by atoms with Crippen LogP contribution in [-0.2, 0) is 0 Å². The number of anilines is 1. The number of rotatable bonds is 2. The first-order valence-corrected chi connectivity index (χ1v) is 10.2. The fourth-order valence-corrected chi connectivity index (χ4v) is 4.68. The molecule has 1 aliphatic heterocycles. The van der Waals surface area contributed by atoms with Crippen LogP contribution in [0.2, 0.25) is 0 Å². The number of nitrogens with zero attached hydrogens (tertiary/aromatic N) is 1. The number of carbonyl (C=O) groups is 1. The largest absolute Gasteiger partial charge is 0.291 e. The highest BCUT2D eigenvalue weighted by molar-refractivity contribution is 9.10. The lowest BCUT2D eigenvalue weighted by molar-refractivity contribution is 0.0979. The number of hydrogen-bond donors (Lipinski definition) is 0. The predicted molar refractivity (Wildman–Crippen MR) is 110 cm³/mol. The Morgan fingerprint density at radius 3 is 2.08 bits per heavy atom. The Morgan fingerprint density at radius 1 is 0.800 bits per heavy atom. The van der Waals surface area contributed by atoms with E-state index in [0.717, 1.165) is 30.7 Å². The standard InChI is InChI=1S/C20H13Br2NOS/c21-14-7-5-13(6-8-14)20-23(16-11-9-15(22)10-12-16)19(24)17-3-1-2-4-18(17)25-20/h1-12,20H. The van der Waals surface area contributed by atoms with Gasteiger partial charge in [0, 0.05) is 19.5 Å². The van der Waals surface area contributed by atoms with Crippen molar-refractivity contribution >= 4 is 55.2 Å². The quantitative estimate of drug-likeness (QED) is 0.413. The lowest BCUT2D eigenvalue weighted by Crippen LogP contribution is -2.36. The molecule has 1 aliphatic rings. The van der Waals surface area contributed by atoms with Crippen molar-refractivity contribution in [3.8, 4) is 0 Å². The Kier molecular flexibility index (Phi) is 4.71. The summed E-state index contributed by atoms with van der Waals surface area (Å²) in [6.45, 7) is 0. The van der Waals surface area contributed by atoms with Crippen molar-refractivity contribution in [2.75, 3.05) is 4.90 Å². The van der Waals surface area contributed by atoms with Crippen molar-refractivity contribution in [1.29, 1.82) is 0 Å². The average Bonchev–Trinajstić information content (AvgIpc) is 2.63. The van der Waals surface area contributed by atoms with E-state index in [1.54, 1.807) is 11.8 Å². The van der Waals surface area contributed by atoms with E-state index in [9.17, 15) is 4.79 Å². The molecule has 0 fully saturated rings. The maximum Gasteiger partial charge on any atom is 0.260 e. The van der Waals surface area contributed by atoms with Crippen LogP contribution in [-0.4, -0.2) is 5.91 Å². The number of benzene rings is 3. The highest BCUT2D eigenvalue weighted by Crippen LogP contribution is 2.46. The van der Waals surface area contributed by atoms with E-state index in [2.05, 4.69) is 44.0 Å².